The van der Waals surface area contributed by atoms with Crippen molar-refractivity contribution >= 4 is 0 Å². The topological polar surface area (TPSA) is 9.23 Å². The van der Waals surface area contributed by atoms with Crippen LogP contribution in [0.3, 0.4) is 0 Å². The lowest BCUT2D eigenvalue weighted by atomic mass is 9.89. The Hall–Kier alpha value is -0.0400. The van der Waals surface area contributed by atoms with E-state index >= 15 is 0 Å². The minimum atomic E-state index is 0.509. The summed E-state index contributed by atoms with van der Waals surface area (Å²) in [7, 11) is 0. The minimum absolute atomic E-state index is 0.509. The van der Waals surface area contributed by atoms with Crippen LogP contribution in [-0.4, -0.2) is 12.7 Å². The fraction of sp³-hybridized carbons (Fsp3) is 1.00. The first-order valence-corrected chi connectivity index (χ1v) is 4.24. The van der Waals surface area contributed by atoms with Gasteiger partial charge in [0.15, 0.2) is 0 Å². The minimum Gasteiger partial charge on any atom is -0.377 e. The Morgan fingerprint density at radius 3 is 2.10 bits per heavy atom. The molecule has 0 aromatic carbocycles. The largest absolute Gasteiger partial charge is 0.377 e. The van der Waals surface area contributed by atoms with Crippen molar-refractivity contribution in [2.45, 2.75) is 33.8 Å². The van der Waals surface area contributed by atoms with Crippen molar-refractivity contribution < 1.29 is 4.74 Å². The van der Waals surface area contributed by atoms with Gasteiger partial charge in [-0.05, 0) is 17.8 Å². The summed E-state index contributed by atoms with van der Waals surface area (Å²) in [5.41, 5.74) is 0. The summed E-state index contributed by atoms with van der Waals surface area (Å²) in [4.78, 5) is 0. The van der Waals surface area contributed by atoms with Crippen LogP contribution in [0.4, 0.5) is 0 Å². The molecule has 1 fully saturated rings. The van der Waals surface area contributed by atoms with Crippen LogP contribution in [0.5, 0.6) is 0 Å². The molecule has 1 saturated heterocycles. The summed E-state index contributed by atoms with van der Waals surface area (Å²) in [6.45, 7) is 10.00. The second-order valence-electron chi connectivity index (χ2n) is 3.88. The molecule has 0 saturated carbocycles. The fourth-order valence-electron chi connectivity index (χ4n) is 1.69. The second-order valence-corrected chi connectivity index (χ2v) is 3.88. The molecule has 1 rings (SSSR count). The van der Waals surface area contributed by atoms with Crippen LogP contribution in [0.2, 0.25) is 0 Å². The molecule has 0 aromatic rings. The van der Waals surface area contributed by atoms with Gasteiger partial charge in [-0.3, -0.25) is 0 Å². The number of hydrogen-bond acceptors (Lipinski definition) is 1. The van der Waals surface area contributed by atoms with E-state index in [1.165, 1.54) is 0 Å². The van der Waals surface area contributed by atoms with E-state index in [2.05, 4.69) is 27.7 Å². The highest BCUT2D eigenvalue weighted by Gasteiger charge is 2.32. The number of hydrogen-bond donors (Lipinski definition) is 0. The van der Waals surface area contributed by atoms with E-state index in [9.17, 15) is 0 Å². The van der Waals surface area contributed by atoms with Gasteiger partial charge in [-0.2, -0.15) is 0 Å². The maximum Gasteiger partial charge on any atom is 0.0627 e. The van der Waals surface area contributed by atoms with Crippen molar-refractivity contribution in [1.82, 2.24) is 0 Å². The Bertz CT molecular complexity index is 109. The van der Waals surface area contributed by atoms with Crippen LogP contribution < -0.4 is 0 Å². The maximum absolute atomic E-state index is 5.64. The first-order chi connectivity index (χ1) is 4.63. The van der Waals surface area contributed by atoms with Gasteiger partial charge in [-0.15, -0.1) is 0 Å². The summed E-state index contributed by atoms with van der Waals surface area (Å²) in [6.07, 6.45) is 0.509. The van der Waals surface area contributed by atoms with Crippen LogP contribution in [0.1, 0.15) is 27.7 Å². The zero-order valence-corrected chi connectivity index (χ0v) is 7.42. The van der Waals surface area contributed by atoms with Gasteiger partial charge in [0.2, 0.25) is 0 Å². The van der Waals surface area contributed by atoms with Crippen LogP contribution in [0, 0.1) is 17.8 Å². The summed E-state index contributed by atoms with van der Waals surface area (Å²) < 4.78 is 5.64. The summed E-state index contributed by atoms with van der Waals surface area (Å²) in [5, 5.41) is 0. The predicted octanol–water partition coefficient (Wildman–Crippen LogP) is 2.31. The molecule has 1 heteroatoms. The molecule has 0 radical (unpaired) electrons. The summed E-state index contributed by atoms with van der Waals surface area (Å²) >= 11 is 0. The Kier molecular flexibility index (Phi) is 2.35. The van der Waals surface area contributed by atoms with Gasteiger partial charge in [-0.25, -0.2) is 0 Å². The molecule has 0 bridgehead atoms. The molecule has 0 aliphatic carbocycles. The predicted molar refractivity (Wildman–Crippen MR) is 42.9 cm³/mol. The van der Waals surface area contributed by atoms with E-state index in [0.717, 1.165) is 18.4 Å². The molecule has 0 N–H and O–H groups in total. The highest BCUT2D eigenvalue weighted by atomic mass is 16.5. The Morgan fingerprint density at radius 1 is 1.30 bits per heavy atom. The first kappa shape index (κ1) is 8.06. The highest BCUT2D eigenvalue weighted by molar-refractivity contribution is 4.79. The van der Waals surface area contributed by atoms with Crippen molar-refractivity contribution in [3.8, 4) is 0 Å². The van der Waals surface area contributed by atoms with Gasteiger partial charge >= 0.3 is 0 Å². The molecule has 1 aliphatic heterocycles. The standard InChI is InChI=1S/C9H18O/c1-6(2)9-8(4)7(3)5-10-9/h6-9H,5H2,1-4H3. The van der Waals surface area contributed by atoms with Crippen molar-refractivity contribution in [2.24, 2.45) is 17.8 Å². The van der Waals surface area contributed by atoms with E-state index < -0.39 is 0 Å². The first-order valence-electron chi connectivity index (χ1n) is 4.24. The van der Waals surface area contributed by atoms with Gasteiger partial charge in [0.25, 0.3) is 0 Å². The molecule has 10 heavy (non-hydrogen) atoms. The van der Waals surface area contributed by atoms with Crippen LogP contribution >= 0.6 is 0 Å². The molecule has 3 atom stereocenters. The Labute approximate surface area is 63.8 Å². The molecule has 3 unspecified atom stereocenters. The third kappa shape index (κ3) is 1.34. The van der Waals surface area contributed by atoms with E-state index in [-0.39, 0.29) is 0 Å². The van der Waals surface area contributed by atoms with Crippen LogP contribution in [0.25, 0.3) is 0 Å². The molecule has 60 valence electrons. The van der Waals surface area contributed by atoms with Crippen LogP contribution in [0.15, 0.2) is 0 Å². The number of ether oxygens (including phenoxy) is 1. The molecule has 1 aliphatic rings. The molecule has 1 heterocycles. The van der Waals surface area contributed by atoms with Crippen molar-refractivity contribution in [1.29, 1.82) is 0 Å². The molecule has 0 aromatic heterocycles. The van der Waals surface area contributed by atoms with E-state index in [4.69, 9.17) is 4.74 Å². The quantitative estimate of drug-likeness (QED) is 0.546. The average molecular weight is 142 g/mol. The van der Waals surface area contributed by atoms with Gasteiger partial charge in [0, 0.05) is 6.61 Å². The van der Waals surface area contributed by atoms with E-state index in [1.54, 1.807) is 0 Å². The zero-order valence-electron chi connectivity index (χ0n) is 7.42. The molecular weight excluding hydrogens is 124 g/mol. The normalized spacial score (nSPS) is 41.1. The highest BCUT2D eigenvalue weighted by Crippen LogP contribution is 2.30. The summed E-state index contributed by atoms with van der Waals surface area (Å²) in [5.74, 6) is 2.19. The van der Waals surface area contributed by atoms with Crippen molar-refractivity contribution in [3.05, 3.63) is 0 Å². The second kappa shape index (κ2) is 2.91. The smallest absolute Gasteiger partial charge is 0.0627 e. The molecule has 1 nitrogen and oxygen atoms in total. The summed E-state index contributed by atoms with van der Waals surface area (Å²) in [6, 6.07) is 0. The van der Waals surface area contributed by atoms with E-state index in [1.807, 2.05) is 0 Å². The molecule has 0 spiro atoms. The third-order valence-electron chi connectivity index (χ3n) is 2.62. The monoisotopic (exact) mass is 142 g/mol. The van der Waals surface area contributed by atoms with E-state index in [0.29, 0.717) is 12.0 Å². The van der Waals surface area contributed by atoms with Gasteiger partial charge < -0.3 is 4.74 Å². The van der Waals surface area contributed by atoms with Gasteiger partial charge in [0.1, 0.15) is 0 Å². The zero-order chi connectivity index (χ0) is 7.72. The molecular formula is C9H18O. The Morgan fingerprint density at radius 2 is 1.90 bits per heavy atom. The molecule has 0 amide bonds. The maximum atomic E-state index is 5.64. The third-order valence-corrected chi connectivity index (χ3v) is 2.62. The SMILES string of the molecule is CC(C)C1OCC(C)C1C. The lowest BCUT2D eigenvalue weighted by molar-refractivity contribution is 0.0575. The fourth-order valence-corrected chi connectivity index (χ4v) is 1.69. The van der Waals surface area contributed by atoms with Crippen LogP contribution in [-0.2, 0) is 4.74 Å². The lowest BCUT2D eigenvalue weighted by Crippen LogP contribution is -2.21. The average Bonchev–Trinajstić information content (AvgIpc) is 2.14. The number of rotatable bonds is 1. The Balaban J connectivity index is 2.49. The van der Waals surface area contributed by atoms with Gasteiger partial charge in [0.05, 0.1) is 6.10 Å². The van der Waals surface area contributed by atoms with Gasteiger partial charge in [-0.1, -0.05) is 27.7 Å². The van der Waals surface area contributed by atoms with Crippen molar-refractivity contribution in [2.75, 3.05) is 6.61 Å². The lowest BCUT2D eigenvalue weighted by Gasteiger charge is -2.19. The van der Waals surface area contributed by atoms with Crippen molar-refractivity contribution in [3.63, 3.8) is 0 Å².